The van der Waals surface area contributed by atoms with Crippen LogP contribution in [0.1, 0.15) is 21.5 Å². The molecule has 1 N–H and O–H groups in total. The van der Waals surface area contributed by atoms with E-state index >= 15 is 0 Å². The Hall–Kier alpha value is -2.49. The summed E-state index contributed by atoms with van der Waals surface area (Å²) in [7, 11) is 0. The summed E-state index contributed by atoms with van der Waals surface area (Å²) in [6.45, 7) is 1.70. The van der Waals surface area contributed by atoms with E-state index in [-0.39, 0.29) is 16.5 Å². The number of hydrogen-bond donors (Lipinski definition) is 1. The fraction of sp³-hybridized carbons (Fsp3) is 0.0625. The molecule has 0 amide bonds. The monoisotopic (exact) mass is 271 g/mol. The van der Waals surface area contributed by atoms with Crippen LogP contribution in [0, 0.1) is 18.6 Å². The normalized spacial score (nSPS) is 10.9. The van der Waals surface area contributed by atoms with Crippen molar-refractivity contribution < 1.29 is 13.6 Å². The van der Waals surface area contributed by atoms with Gasteiger partial charge in [-0.25, -0.2) is 8.78 Å². The zero-order chi connectivity index (χ0) is 14.3. The van der Waals surface area contributed by atoms with Crippen LogP contribution < -0.4 is 0 Å². The molecule has 0 atom stereocenters. The number of fused-ring (bicyclic) bond motifs is 1. The number of carbonyl (C=O) groups is 1. The van der Waals surface area contributed by atoms with Gasteiger partial charge in [-0.05, 0) is 42.8 Å². The Morgan fingerprint density at radius 1 is 1.15 bits per heavy atom. The van der Waals surface area contributed by atoms with Crippen LogP contribution >= 0.6 is 0 Å². The van der Waals surface area contributed by atoms with Crippen molar-refractivity contribution in [3.8, 4) is 0 Å². The molecule has 0 radical (unpaired) electrons. The van der Waals surface area contributed by atoms with Gasteiger partial charge in [-0.2, -0.15) is 0 Å². The minimum absolute atomic E-state index is 0.211. The fourth-order valence-corrected chi connectivity index (χ4v) is 2.34. The van der Waals surface area contributed by atoms with Gasteiger partial charge in [0.2, 0.25) is 0 Å². The van der Waals surface area contributed by atoms with Gasteiger partial charge in [0.25, 0.3) is 0 Å². The average molecular weight is 271 g/mol. The number of aromatic amines is 1. The van der Waals surface area contributed by atoms with Gasteiger partial charge in [-0.1, -0.05) is 6.07 Å². The number of carbonyl (C=O) groups excluding carboxylic acids is 1. The number of halogens is 2. The second-order valence-corrected chi connectivity index (χ2v) is 4.71. The number of hydrogen-bond acceptors (Lipinski definition) is 1. The van der Waals surface area contributed by atoms with E-state index in [9.17, 15) is 13.6 Å². The van der Waals surface area contributed by atoms with Crippen LogP contribution in [0.2, 0.25) is 0 Å². The zero-order valence-electron chi connectivity index (χ0n) is 10.7. The van der Waals surface area contributed by atoms with Crippen LogP contribution in [0.25, 0.3) is 10.9 Å². The molecular formula is C16H11F2NO. The Bertz CT molecular complexity index is 800. The van der Waals surface area contributed by atoms with E-state index in [0.717, 1.165) is 6.07 Å². The highest BCUT2D eigenvalue weighted by atomic mass is 19.1. The van der Waals surface area contributed by atoms with Crippen molar-refractivity contribution in [1.29, 1.82) is 0 Å². The van der Waals surface area contributed by atoms with Gasteiger partial charge in [-0.15, -0.1) is 0 Å². The van der Waals surface area contributed by atoms with Crippen molar-refractivity contribution in [2.45, 2.75) is 6.92 Å². The van der Waals surface area contributed by atoms with E-state index in [4.69, 9.17) is 0 Å². The first-order valence-electron chi connectivity index (χ1n) is 6.14. The van der Waals surface area contributed by atoms with Gasteiger partial charge in [0, 0.05) is 22.7 Å². The lowest BCUT2D eigenvalue weighted by Gasteiger charge is -2.02. The molecule has 1 aromatic heterocycles. The van der Waals surface area contributed by atoms with E-state index in [1.807, 2.05) is 0 Å². The number of aromatic nitrogens is 1. The third kappa shape index (κ3) is 1.99. The summed E-state index contributed by atoms with van der Waals surface area (Å²) in [5.41, 5.74) is 1.62. The van der Waals surface area contributed by atoms with Gasteiger partial charge in [0.15, 0.2) is 5.78 Å². The van der Waals surface area contributed by atoms with Crippen LogP contribution in [0.5, 0.6) is 0 Å². The molecule has 0 aliphatic rings. The maximum Gasteiger partial charge on any atom is 0.195 e. The van der Waals surface area contributed by atoms with Gasteiger partial charge in [0.1, 0.15) is 11.6 Å². The fourth-order valence-electron chi connectivity index (χ4n) is 2.34. The number of H-pyrrole nitrogens is 1. The summed E-state index contributed by atoms with van der Waals surface area (Å²) < 4.78 is 27.3. The third-order valence-corrected chi connectivity index (χ3v) is 3.20. The Morgan fingerprint density at radius 3 is 2.70 bits per heavy atom. The maximum absolute atomic E-state index is 13.9. The summed E-state index contributed by atoms with van der Waals surface area (Å²) in [6.07, 6.45) is 1.45. The highest BCUT2D eigenvalue weighted by Crippen LogP contribution is 2.24. The van der Waals surface area contributed by atoms with Crippen LogP contribution in [0.15, 0.2) is 42.6 Å². The third-order valence-electron chi connectivity index (χ3n) is 3.20. The Balaban J connectivity index is 2.18. The lowest BCUT2D eigenvalue weighted by molar-refractivity contribution is 0.103. The Kier molecular flexibility index (Phi) is 2.86. The number of rotatable bonds is 2. The molecule has 3 rings (SSSR count). The summed E-state index contributed by atoms with van der Waals surface area (Å²) in [6, 6.07) is 8.64. The molecule has 2 nitrogen and oxygen atoms in total. The molecule has 0 unspecified atom stereocenters. The average Bonchev–Trinajstić information content (AvgIpc) is 2.82. The molecule has 100 valence electrons. The van der Waals surface area contributed by atoms with E-state index in [0.29, 0.717) is 11.1 Å². The minimum Gasteiger partial charge on any atom is -0.360 e. The molecule has 4 heteroatoms. The lowest BCUT2D eigenvalue weighted by atomic mass is 10.0. The number of benzene rings is 2. The van der Waals surface area contributed by atoms with Crippen molar-refractivity contribution >= 4 is 16.7 Å². The predicted octanol–water partition coefficient (Wildman–Crippen LogP) is 3.99. The first-order valence-corrected chi connectivity index (χ1v) is 6.14. The molecule has 0 aliphatic heterocycles. The number of ketones is 1. The summed E-state index contributed by atoms with van der Waals surface area (Å²) >= 11 is 0. The molecular weight excluding hydrogens is 260 g/mol. The quantitative estimate of drug-likeness (QED) is 0.702. The molecule has 0 bridgehead atoms. The van der Waals surface area contributed by atoms with E-state index in [2.05, 4.69) is 4.98 Å². The smallest absolute Gasteiger partial charge is 0.195 e. The zero-order valence-corrected chi connectivity index (χ0v) is 10.7. The van der Waals surface area contributed by atoms with Crippen molar-refractivity contribution in [1.82, 2.24) is 4.98 Å². The van der Waals surface area contributed by atoms with Crippen LogP contribution in [0.3, 0.4) is 0 Å². The predicted molar refractivity (Wildman–Crippen MR) is 72.8 cm³/mol. The van der Waals surface area contributed by atoms with Crippen LogP contribution in [0.4, 0.5) is 8.78 Å². The van der Waals surface area contributed by atoms with E-state index < -0.39 is 17.4 Å². The Labute approximate surface area is 114 Å². The lowest BCUT2D eigenvalue weighted by Crippen LogP contribution is -2.02. The van der Waals surface area contributed by atoms with Crippen molar-refractivity contribution in [2.24, 2.45) is 0 Å². The van der Waals surface area contributed by atoms with Gasteiger partial charge in [-0.3, -0.25) is 4.79 Å². The summed E-state index contributed by atoms with van der Waals surface area (Å²) in [5, 5.41) is 0.236. The molecule has 0 saturated carbocycles. The first kappa shape index (κ1) is 12.5. The molecule has 0 fully saturated rings. The van der Waals surface area contributed by atoms with Gasteiger partial charge in [0.05, 0.1) is 5.56 Å². The molecule has 3 aromatic rings. The van der Waals surface area contributed by atoms with Crippen molar-refractivity contribution in [3.63, 3.8) is 0 Å². The van der Waals surface area contributed by atoms with E-state index in [1.54, 1.807) is 25.1 Å². The van der Waals surface area contributed by atoms with E-state index in [1.165, 1.54) is 18.3 Å². The standard InChI is InChI=1S/C16H11F2NO/c1-9-5-10(7-11(17)6-9)16(20)12-8-19-14-4-2-3-13(18)15(12)14/h2-8,19H,1H3. The highest BCUT2D eigenvalue weighted by Gasteiger charge is 2.17. The largest absolute Gasteiger partial charge is 0.360 e. The van der Waals surface area contributed by atoms with Crippen LogP contribution in [-0.2, 0) is 0 Å². The van der Waals surface area contributed by atoms with Crippen LogP contribution in [-0.4, -0.2) is 10.8 Å². The summed E-state index contributed by atoms with van der Waals surface area (Å²) in [5.74, 6) is -1.35. The molecule has 1 heterocycles. The minimum atomic E-state index is -0.478. The van der Waals surface area contributed by atoms with Gasteiger partial charge >= 0.3 is 0 Å². The molecule has 0 saturated heterocycles. The SMILES string of the molecule is Cc1cc(F)cc(C(=O)c2c[nH]c3cccc(F)c23)c1. The molecule has 0 aliphatic carbocycles. The van der Waals surface area contributed by atoms with Gasteiger partial charge < -0.3 is 4.98 Å². The second kappa shape index (κ2) is 4.56. The Morgan fingerprint density at radius 2 is 1.95 bits per heavy atom. The molecule has 20 heavy (non-hydrogen) atoms. The highest BCUT2D eigenvalue weighted by molar-refractivity contribution is 6.16. The maximum atomic E-state index is 13.9. The number of aryl methyl sites for hydroxylation is 1. The topological polar surface area (TPSA) is 32.9 Å². The van der Waals surface area contributed by atoms with Crippen molar-refractivity contribution in [3.05, 3.63) is 70.9 Å². The number of nitrogens with one attached hydrogen (secondary N) is 1. The molecule has 2 aromatic carbocycles. The molecule has 0 spiro atoms. The second-order valence-electron chi connectivity index (χ2n) is 4.71. The summed E-state index contributed by atoms with van der Waals surface area (Å²) in [4.78, 5) is 15.3. The first-order chi connectivity index (χ1) is 9.56. The van der Waals surface area contributed by atoms with Crippen molar-refractivity contribution in [2.75, 3.05) is 0 Å².